The van der Waals surface area contributed by atoms with Gasteiger partial charge in [-0.2, -0.15) is 0 Å². The Hall–Kier alpha value is -2.69. The lowest BCUT2D eigenvalue weighted by molar-refractivity contribution is -0.118. The van der Waals surface area contributed by atoms with Gasteiger partial charge in [0.05, 0.1) is 6.42 Å². The van der Waals surface area contributed by atoms with Crippen LogP contribution in [0.1, 0.15) is 17.5 Å². The molecular weight excluding hydrogens is 295 g/mol. The molecule has 0 saturated carbocycles. The molecule has 2 aromatic rings. The first-order valence-electron chi connectivity index (χ1n) is 7.35. The van der Waals surface area contributed by atoms with E-state index < -0.39 is 5.91 Å². The maximum absolute atomic E-state index is 13.1. The summed E-state index contributed by atoms with van der Waals surface area (Å²) in [5.74, 6) is -1.03. The predicted molar refractivity (Wildman–Crippen MR) is 87.4 cm³/mol. The standard InChI is InChI=1S/C18H19FN2O2/c1-13-2-4-14(5-3-13)12-18(23)21(11-10-17(20)22)16-8-6-15(19)7-9-16/h2-9H,10-12H2,1H3,(H2,20,22). The molecule has 0 aliphatic rings. The fourth-order valence-corrected chi connectivity index (χ4v) is 2.22. The van der Waals surface area contributed by atoms with Crippen LogP contribution < -0.4 is 10.6 Å². The van der Waals surface area contributed by atoms with Crippen LogP contribution in [-0.4, -0.2) is 18.4 Å². The van der Waals surface area contributed by atoms with E-state index in [-0.39, 0.29) is 31.1 Å². The molecule has 2 N–H and O–H groups in total. The van der Waals surface area contributed by atoms with Crippen LogP contribution in [0.15, 0.2) is 48.5 Å². The van der Waals surface area contributed by atoms with Gasteiger partial charge in [-0.25, -0.2) is 4.39 Å². The molecule has 0 saturated heterocycles. The summed E-state index contributed by atoms with van der Waals surface area (Å²) in [6.45, 7) is 2.15. The zero-order valence-electron chi connectivity index (χ0n) is 13.0. The molecule has 0 atom stereocenters. The molecule has 23 heavy (non-hydrogen) atoms. The minimum atomic E-state index is -0.486. The molecule has 120 valence electrons. The number of carbonyl (C=O) groups excluding carboxylic acids is 2. The smallest absolute Gasteiger partial charge is 0.231 e. The van der Waals surface area contributed by atoms with Crippen molar-refractivity contribution in [1.82, 2.24) is 0 Å². The van der Waals surface area contributed by atoms with E-state index in [0.717, 1.165) is 11.1 Å². The van der Waals surface area contributed by atoms with Crippen molar-refractivity contribution in [2.45, 2.75) is 19.8 Å². The number of rotatable bonds is 6. The highest BCUT2D eigenvalue weighted by Gasteiger charge is 2.17. The van der Waals surface area contributed by atoms with Crippen molar-refractivity contribution < 1.29 is 14.0 Å². The summed E-state index contributed by atoms with van der Waals surface area (Å²) in [5.41, 5.74) is 7.72. The quantitative estimate of drug-likeness (QED) is 0.890. The molecule has 0 fully saturated rings. The number of primary amides is 1. The van der Waals surface area contributed by atoms with E-state index in [2.05, 4.69) is 0 Å². The first kappa shape index (κ1) is 16.7. The molecule has 5 heteroatoms. The van der Waals surface area contributed by atoms with E-state index in [1.165, 1.54) is 29.2 Å². The van der Waals surface area contributed by atoms with Gasteiger partial charge in [0, 0.05) is 18.7 Å². The van der Waals surface area contributed by atoms with Crippen molar-refractivity contribution in [3.05, 3.63) is 65.5 Å². The van der Waals surface area contributed by atoms with Gasteiger partial charge >= 0.3 is 0 Å². The number of halogens is 1. The largest absolute Gasteiger partial charge is 0.370 e. The fourth-order valence-electron chi connectivity index (χ4n) is 2.22. The summed E-state index contributed by atoms with van der Waals surface area (Å²) < 4.78 is 13.1. The number of hydrogen-bond donors (Lipinski definition) is 1. The average Bonchev–Trinajstić information content (AvgIpc) is 2.51. The third kappa shape index (κ3) is 4.92. The molecule has 0 aromatic heterocycles. The lowest BCUT2D eigenvalue weighted by Crippen LogP contribution is -2.35. The van der Waals surface area contributed by atoms with Crippen molar-refractivity contribution >= 4 is 17.5 Å². The van der Waals surface area contributed by atoms with Gasteiger partial charge in [-0.05, 0) is 36.8 Å². The molecule has 2 aromatic carbocycles. The van der Waals surface area contributed by atoms with E-state index in [1.54, 1.807) is 0 Å². The molecule has 2 rings (SSSR count). The second kappa shape index (κ2) is 7.54. The Balaban J connectivity index is 2.17. The Morgan fingerprint density at radius 3 is 2.22 bits per heavy atom. The minimum absolute atomic E-state index is 0.0526. The van der Waals surface area contributed by atoms with Gasteiger partial charge < -0.3 is 10.6 Å². The topological polar surface area (TPSA) is 63.4 Å². The minimum Gasteiger partial charge on any atom is -0.370 e. The van der Waals surface area contributed by atoms with Crippen molar-refractivity contribution in [3.8, 4) is 0 Å². The lowest BCUT2D eigenvalue weighted by Gasteiger charge is -2.22. The van der Waals surface area contributed by atoms with Crippen LogP contribution in [0.5, 0.6) is 0 Å². The molecule has 2 amide bonds. The van der Waals surface area contributed by atoms with Gasteiger partial charge in [0.25, 0.3) is 0 Å². The van der Waals surface area contributed by atoms with E-state index in [4.69, 9.17) is 5.73 Å². The Morgan fingerprint density at radius 1 is 1.04 bits per heavy atom. The molecule has 0 aliphatic carbocycles. The van der Waals surface area contributed by atoms with Crippen LogP contribution in [0.25, 0.3) is 0 Å². The third-order valence-corrected chi connectivity index (χ3v) is 3.50. The Labute approximate surface area is 134 Å². The second-order valence-electron chi connectivity index (χ2n) is 5.40. The van der Waals surface area contributed by atoms with Crippen LogP contribution in [0, 0.1) is 12.7 Å². The fraction of sp³-hybridized carbons (Fsp3) is 0.222. The number of carbonyl (C=O) groups is 2. The summed E-state index contributed by atoms with van der Waals surface area (Å²) in [6.07, 6.45) is 0.257. The van der Waals surface area contributed by atoms with Crippen molar-refractivity contribution in [3.63, 3.8) is 0 Å². The predicted octanol–water partition coefficient (Wildman–Crippen LogP) is 2.59. The highest BCUT2D eigenvalue weighted by molar-refractivity contribution is 5.95. The molecule has 0 bridgehead atoms. The van der Waals surface area contributed by atoms with Crippen LogP contribution >= 0.6 is 0 Å². The summed E-state index contributed by atoms with van der Waals surface area (Å²) in [4.78, 5) is 25.1. The number of aryl methyl sites for hydroxylation is 1. The summed E-state index contributed by atoms with van der Waals surface area (Å²) in [6, 6.07) is 13.3. The number of anilines is 1. The van der Waals surface area contributed by atoms with Gasteiger partial charge in [-0.3, -0.25) is 9.59 Å². The number of benzene rings is 2. The zero-order valence-corrected chi connectivity index (χ0v) is 13.0. The number of amides is 2. The zero-order chi connectivity index (χ0) is 16.8. The average molecular weight is 314 g/mol. The van der Waals surface area contributed by atoms with E-state index >= 15 is 0 Å². The Bertz CT molecular complexity index is 681. The molecular formula is C18H19FN2O2. The first-order chi connectivity index (χ1) is 11.0. The van der Waals surface area contributed by atoms with Gasteiger partial charge in [-0.1, -0.05) is 29.8 Å². The van der Waals surface area contributed by atoms with E-state index in [0.29, 0.717) is 5.69 Å². The molecule has 0 aliphatic heterocycles. The Morgan fingerprint density at radius 2 is 1.65 bits per heavy atom. The maximum atomic E-state index is 13.1. The summed E-state index contributed by atoms with van der Waals surface area (Å²) in [7, 11) is 0. The molecule has 4 nitrogen and oxygen atoms in total. The van der Waals surface area contributed by atoms with Crippen LogP contribution in [-0.2, 0) is 16.0 Å². The maximum Gasteiger partial charge on any atom is 0.231 e. The van der Waals surface area contributed by atoms with E-state index in [1.807, 2.05) is 31.2 Å². The Kier molecular flexibility index (Phi) is 5.46. The highest BCUT2D eigenvalue weighted by atomic mass is 19.1. The molecule has 0 spiro atoms. The normalized spacial score (nSPS) is 10.3. The molecule has 0 unspecified atom stereocenters. The van der Waals surface area contributed by atoms with Gasteiger partial charge in [0.2, 0.25) is 11.8 Å². The number of hydrogen-bond acceptors (Lipinski definition) is 2. The summed E-state index contributed by atoms with van der Waals surface area (Å²) in [5, 5.41) is 0. The SMILES string of the molecule is Cc1ccc(CC(=O)N(CCC(N)=O)c2ccc(F)cc2)cc1. The van der Waals surface area contributed by atoms with Crippen LogP contribution in [0.3, 0.4) is 0 Å². The monoisotopic (exact) mass is 314 g/mol. The van der Waals surface area contributed by atoms with Crippen molar-refractivity contribution in [2.24, 2.45) is 5.73 Å². The molecule has 0 radical (unpaired) electrons. The van der Waals surface area contributed by atoms with Crippen LogP contribution in [0.2, 0.25) is 0 Å². The van der Waals surface area contributed by atoms with Crippen molar-refractivity contribution in [1.29, 1.82) is 0 Å². The number of nitrogens with zero attached hydrogens (tertiary/aromatic N) is 1. The van der Waals surface area contributed by atoms with Gasteiger partial charge in [0.15, 0.2) is 0 Å². The van der Waals surface area contributed by atoms with Gasteiger partial charge in [-0.15, -0.1) is 0 Å². The second-order valence-corrected chi connectivity index (χ2v) is 5.40. The third-order valence-electron chi connectivity index (χ3n) is 3.50. The highest BCUT2D eigenvalue weighted by Crippen LogP contribution is 2.17. The lowest BCUT2D eigenvalue weighted by atomic mass is 10.1. The number of nitrogens with two attached hydrogens (primary N) is 1. The summed E-state index contributed by atoms with van der Waals surface area (Å²) >= 11 is 0. The van der Waals surface area contributed by atoms with Crippen molar-refractivity contribution in [2.75, 3.05) is 11.4 Å². The molecule has 0 heterocycles. The van der Waals surface area contributed by atoms with Gasteiger partial charge in [0.1, 0.15) is 5.82 Å². The first-order valence-corrected chi connectivity index (χ1v) is 7.35. The van der Waals surface area contributed by atoms with E-state index in [9.17, 15) is 14.0 Å². The van der Waals surface area contributed by atoms with Crippen LogP contribution in [0.4, 0.5) is 10.1 Å².